The molecule has 1 heterocycles. The van der Waals surface area contributed by atoms with Gasteiger partial charge in [-0.3, -0.25) is 4.57 Å². The zero-order valence-electron chi connectivity index (χ0n) is 8.35. The maximum atomic E-state index is 11.4. The monoisotopic (exact) mass is 226 g/mol. The summed E-state index contributed by atoms with van der Waals surface area (Å²) >= 11 is 1.55. The Bertz CT molecular complexity index is 404. The molecule has 0 amide bonds. The SMILES string of the molecule is NCC=CCSc1n[nH]c(=O)n1C1CC1. The van der Waals surface area contributed by atoms with Gasteiger partial charge in [0.1, 0.15) is 0 Å². The molecule has 1 aromatic rings. The molecule has 0 saturated heterocycles. The molecular formula is C9H14N4OS. The number of H-pyrrole nitrogens is 1. The van der Waals surface area contributed by atoms with Gasteiger partial charge in [-0.25, -0.2) is 9.89 Å². The van der Waals surface area contributed by atoms with E-state index in [9.17, 15) is 4.79 Å². The molecule has 0 bridgehead atoms. The van der Waals surface area contributed by atoms with Crippen LogP contribution in [0, 0.1) is 0 Å². The summed E-state index contributed by atoms with van der Waals surface area (Å²) in [5, 5.41) is 7.27. The van der Waals surface area contributed by atoms with Gasteiger partial charge in [-0.2, -0.15) is 0 Å². The van der Waals surface area contributed by atoms with Crippen LogP contribution in [0.3, 0.4) is 0 Å². The van der Waals surface area contributed by atoms with Gasteiger partial charge in [-0.15, -0.1) is 5.10 Å². The molecule has 2 rings (SSSR count). The van der Waals surface area contributed by atoms with Gasteiger partial charge in [-0.05, 0) is 12.8 Å². The smallest absolute Gasteiger partial charge is 0.327 e. The van der Waals surface area contributed by atoms with E-state index in [0.717, 1.165) is 23.8 Å². The first-order valence-corrected chi connectivity index (χ1v) is 5.96. The summed E-state index contributed by atoms with van der Waals surface area (Å²) in [6.45, 7) is 0.552. The molecule has 1 aromatic heterocycles. The van der Waals surface area contributed by atoms with E-state index < -0.39 is 0 Å². The van der Waals surface area contributed by atoms with Gasteiger partial charge < -0.3 is 5.73 Å². The lowest BCUT2D eigenvalue weighted by molar-refractivity contribution is 0.643. The molecule has 0 unspecified atom stereocenters. The minimum Gasteiger partial charge on any atom is -0.327 e. The van der Waals surface area contributed by atoms with Gasteiger partial charge in [0.15, 0.2) is 5.16 Å². The zero-order valence-corrected chi connectivity index (χ0v) is 9.17. The van der Waals surface area contributed by atoms with Crippen molar-refractivity contribution in [2.75, 3.05) is 12.3 Å². The Labute approximate surface area is 91.7 Å². The van der Waals surface area contributed by atoms with E-state index in [1.165, 1.54) is 0 Å². The zero-order chi connectivity index (χ0) is 10.7. The molecule has 1 fully saturated rings. The molecule has 3 N–H and O–H groups in total. The van der Waals surface area contributed by atoms with Crippen LogP contribution >= 0.6 is 11.8 Å². The minimum atomic E-state index is -0.0946. The van der Waals surface area contributed by atoms with E-state index in [2.05, 4.69) is 10.2 Å². The molecule has 0 aromatic carbocycles. The lowest BCUT2D eigenvalue weighted by Crippen LogP contribution is -2.16. The van der Waals surface area contributed by atoms with E-state index in [-0.39, 0.29) is 5.69 Å². The van der Waals surface area contributed by atoms with Crippen molar-refractivity contribution in [2.45, 2.75) is 24.0 Å². The average Bonchev–Trinajstić information content (AvgIpc) is 2.99. The highest BCUT2D eigenvalue weighted by Crippen LogP contribution is 2.35. The molecule has 0 aliphatic heterocycles. The van der Waals surface area contributed by atoms with Crippen molar-refractivity contribution in [2.24, 2.45) is 5.73 Å². The van der Waals surface area contributed by atoms with E-state index in [4.69, 9.17) is 5.73 Å². The highest BCUT2D eigenvalue weighted by Gasteiger charge is 2.28. The van der Waals surface area contributed by atoms with E-state index >= 15 is 0 Å². The second-order valence-electron chi connectivity index (χ2n) is 3.43. The van der Waals surface area contributed by atoms with Gasteiger partial charge in [0, 0.05) is 18.3 Å². The van der Waals surface area contributed by atoms with Crippen molar-refractivity contribution >= 4 is 11.8 Å². The van der Waals surface area contributed by atoms with Gasteiger partial charge in [-0.1, -0.05) is 23.9 Å². The summed E-state index contributed by atoms with van der Waals surface area (Å²) in [6, 6.07) is 0.372. The number of aromatic amines is 1. The summed E-state index contributed by atoms with van der Waals surface area (Å²) in [6.07, 6.45) is 6.07. The highest BCUT2D eigenvalue weighted by molar-refractivity contribution is 7.99. The van der Waals surface area contributed by atoms with Crippen molar-refractivity contribution in [3.05, 3.63) is 22.6 Å². The molecule has 1 aliphatic carbocycles. The van der Waals surface area contributed by atoms with Gasteiger partial charge in [0.05, 0.1) is 0 Å². The highest BCUT2D eigenvalue weighted by atomic mass is 32.2. The lowest BCUT2D eigenvalue weighted by atomic mass is 10.5. The first kappa shape index (κ1) is 10.5. The number of thioether (sulfide) groups is 1. The summed E-state index contributed by atoms with van der Waals surface area (Å²) in [7, 11) is 0. The Morgan fingerprint density at radius 1 is 1.60 bits per heavy atom. The molecule has 1 aliphatic rings. The second kappa shape index (κ2) is 4.67. The Hall–Kier alpha value is -1.01. The van der Waals surface area contributed by atoms with Crippen molar-refractivity contribution in [3.63, 3.8) is 0 Å². The maximum Gasteiger partial charge on any atom is 0.344 e. The predicted molar refractivity (Wildman–Crippen MR) is 60.0 cm³/mol. The van der Waals surface area contributed by atoms with Gasteiger partial charge in [0.2, 0.25) is 0 Å². The molecule has 0 radical (unpaired) electrons. The van der Waals surface area contributed by atoms with Crippen molar-refractivity contribution < 1.29 is 0 Å². The van der Waals surface area contributed by atoms with Crippen LogP contribution in [0.2, 0.25) is 0 Å². The molecule has 1 saturated carbocycles. The third-order valence-corrected chi connectivity index (χ3v) is 3.10. The largest absolute Gasteiger partial charge is 0.344 e. The first-order valence-electron chi connectivity index (χ1n) is 4.97. The predicted octanol–water partition coefficient (Wildman–Crippen LogP) is 0.513. The number of nitrogens with one attached hydrogen (secondary N) is 1. The fraction of sp³-hybridized carbons (Fsp3) is 0.556. The van der Waals surface area contributed by atoms with Crippen molar-refractivity contribution in [1.29, 1.82) is 0 Å². The van der Waals surface area contributed by atoms with Crippen LogP contribution in [-0.2, 0) is 0 Å². The third kappa shape index (κ3) is 2.51. The second-order valence-corrected chi connectivity index (χ2v) is 4.42. The van der Waals surface area contributed by atoms with E-state index in [0.29, 0.717) is 12.6 Å². The fourth-order valence-corrected chi connectivity index (χ4v) is 2.20. The summed E-state index contributed by atoms with van der Waals surface area (Å²) in [5.41, 5.74) is 5.23. The quantitative estimate of drug-likeness (QED) is 0.566. The minimum absolute atomic E-state index is 0.0946. The standard InChI is InChI=1S/C9H14N4OS/c10-5-1-2-6-15-9-12-11-8(14)13(9)7-3-4-7/h1-2,7H,3-6,10H2,(H,11,14). The number of hydrogen-bond acceptors (Lipinski definition) is 4. The first-order chi connectivity index (χ1) is 7.33. The number of nitrogens with zero attached hydrogens (tertiary/aromatic N) is 2. The molecule has 0 spiro atoms. The third-order valence-electron chi connectivity index (χ3n) is 2.20. The van der Waals surface area contributed by atoms with Gasteiger partial charge in [0.25, 0.3) is 0 Å². The number of nitrogens with two attached hydrogens (primary N) is 1. The van der Waals surface area contributed by atoms with E-state index in [1.54, 1.807) is 16.3 Å². The molecular weight excluding hydrogens is 212 g/mol. The molecule has 6 heteroatoms. The summed E-state index contributed by atoms with van der Waals surface area (Å²) in [4.78, 5) is 11.4. The lowest BCUT2D eigenvalue weighted by Gasteiger charge is -2.00. The molecule has 0 atom stereocenters. The molecule has 15 heavy (non-hydrogen) atoms. The summed E-state index contributed by atoms with van der Waals surface area (Å²) in [5.74, 6) is 0.800. The Morgan fingerprint density at radius 3 is 3.07 bits per heavy atom. The Morgan fingerprint density at radius 2 is 2.40 bits per heavy atom. The Kier molecular flexibility index (Phi) is 3.27. The molecule has 82 valence electrons. The van der Waals surface area contributed by atoms with Crippen molar-refractivity contribution in [3.8, 4) is 0 Å². The normalized spacial score (nSPS) is 16.3. The van der Waals surface area contributed by atoms with Crippen LogP contribution in [0.1, 0.15) is 18.9 Å². The van der Waals surface area contributed by atoms with Crippen LogP contribution in [0.4, 0.5) is 0 Å². The summed E-state index contributed by atoms with van der Waals surface area (Å²) < 4.78 is 1.75. The van der Waals surface area contributed by atoms with Crippen molar-refractivity contribution in [1.82, 2.24) is 14.8 Å². The maximum absolute atomic E-state index is 11.4. The van der Waals surface area contributed by atoms with Gasteiger partial charge >= 0.3 is 5.69 Å². The van der Waals surface area contributed by atoms with Crippen LogP contribution in [0.5, 0.6) is 0 Å². The number of aromatic nitrogens is 3. The Balaban J connectivity index is 2.01. The number of hydrogen-bond donors (Lipinski definition) is 2. The average molecular weight is 226 g/mol. The van der Waals surface area contributed by atoms with Crippen LogP contribution < -0.4 is 11.4 Å². The fourth-order valence-electron chi connectivity index (χ4n) is 1.33. The molecule has 5 nitrogen and oxygen atoms in total. The number of rotatable bonds is 5. The van der Waals surface area contributed by atoms with Crippen LogP contribution in [-0.4, -0.2) is 27.1 Å². The van der Waals surface area contributed by atoms with Crippen LogP contribution in [0.25, 0.3) is 0 Å². The topological polar surface area (TPSA) is 76.7 Å². The van der Waals surface area contributed by atoms with E-state index in [1.807, 2.05) is 12.2 Å². The van der Waals surface area contributed by atoms with Crippen LogP contribution in [0.15, 0.2) is 22.1 Å².